The number of amides is 2. The summed E-state index contributed by atoms with van der Waals surface area (Å²) in [6.45, 7) is 5.37. The SMILES string of the molecule is CC(c1nc2ccccc2[nH]1)N(C(=O)C1CCCCC1)c1ccc2sc(C(=O)N3CCN(C)CC3)cc2c1. The molecule has 1 N–H and O–H groups in total. The zero-order chi connectivity index (χ0) is 26.2. The smallest absolute Gasteiger partial charge is 0.264 e. The molecule has 2 amide bonds. The van der Waals surface area contributed by atoms with Crippen LogP contribution in [-0.2, 0) is 4.79 Å². The van der Waals surface area contributed by atoms with Gasteiger partial charge in [0.15, 0.2) is 0 Å². The number of carbonyl (C=O) groups excluding carboxylic acids is 2. The number of carbonyl (C=O) groups is 2. The van der Waals surface area contributed by atoms with Crippen LogP contribution in [0.4, 0.5) is 5.69 Å². The molecular weight excluding hydrogens is 494 g/mol. The zero-order valence-electron chi connectivity index (χ0n) is 22.2. The number of imidazole rings is 1. The number of piperazine rings is 1. The lowest BCUT2D eigenvalue weighted by atomic mass is 9.87. The third-order valence-electron chi connectivity index (χ3n) is 8.16. The van der Waals surface area contributed by atoms with Crippen LogP contribution in [0.3, 0.4) is 0 Å². The number of anilines is 1. The first-order chi connectivity index (χ1) is 18.5. The number of nitrogens with zero attached hydrogens (tertiary/aromatic N) is 4. The predicted molar refractivity (Wildman–Crippen MR) is 154 cm³/mol. The van der Waals surface area contributed by atoms with Crippen LogP contribution in [0, 0.1) is 5.92 Å². The summed E-state index contributed by atoms with van der Waals surface area (Å²) in [4.78, 5) is 42.4. The summed E-state index contributed by atoms with van der Waals surface area (Å²) in [7, 11) is 2.09. The van der Waals surface area contributed by atoms with Gasteiger partial charge >= 0.3 is 0 Å². The van der Waals surface area contributed by atoms with Gasteiger partial charge < -0.3 is 19.7 Å². The van der Waals surface area contributed by atoms with Gasteiger partial charge in [-0.1, -0.05) is 31.4 Å². The van der Waals surface area contributed by atoms with Crippen LogP contribution >= 0.6 is 11.3 Å². The highest BCUT2D eigenvalue weighted by atomic mass is 32.1. The number of thiophene rings is 1. The van der Waals surface area contributed by atoms with Crippen molar-refractivity contribution in [2.75, 3.05) is 38.1 Å². The van der Waals surface area contributed by atoms with E-state index in [0.717, 1.165) is 89.4 Å². The van der Waals surface area contributed by atoms with E-state index in [4.69, 9.17) is 4.98 Å². The maximum Gasteiger partial charge on any atom is 0.264 e. The lowest BCUT2D eigenvalue weighted by Gasteiger charge is -2.33. The van der Waals surface area contributed by atoms with Crippen LogP contribution < -0.4 is 4.90 Å². The van der Waals surface area contributed by atoms with Crippen molar-refractivity contribution in [3.05, 3.63) is 59.2 Å². The van der Waals surface area contributed by atoms with Crippen molar-refractivity contribution >= 4 is 50.0 Å². The molecule has 1 saturated heterocycles. The van der Waals surface area contributed by atoms with E-state index >= 15 is 0 Å². The molecule has 1 saturated carbocycles. The van der Waals surface area contributed by atoms with E-state index in [1.165, 1.54) is 17.8 Å². The first-order valence-corrected chi connectivity index (χ1v) is 14.6. The molecule has 2 aromatic carbocycles. The highest BCUT2D eigenvalue weighted by Crippen LogP contribution is 2.36. The Bertz CT molecular complexity index is 1430. The molecule has 7 nitrogen and oxygen atoms in total. The standard InChI is InChI=1S/C30H35N5O2S/c1-20(28-31-24-10-6-7-11-25(24)32-28)35(29(36)21-8-4-3-5-9-21)23-12-13-26-22(18-23)19-27(38-26)30(37)34-16-14-33(2)15-17-34/h6-7,10-13,18-21H,3-5,8-9,14-17H2,1-2H3,(H,31,32). The summed E-state index contributed by atoms with van der Waals surface area (Å²) in [6.07, 6.45) is 5.28. The fraction of sp³-hybridized carbons (Fsp3) is 0.433. The van der Waals surface area contributed by atoms with Gasteiger partial charge in [0, 0.05) is 42.5 Å². The Labute approximate surface area is 227 Å². The minimum Gasteiger partial charge on any atom is -0.340 e. The minimum absolute atomic E-state index is 0.0307. The van der Waals surface area contributed by atoms with Crippen LogP contribution in [0.2, 0.25) is 0 Å². The number of likely N-dealkylation sites (N-methyl/N-ethyl adjacent to an activating group) is 1. The second-order valence-electron chi connectivity index (χ2n) is 10.8. The predicted octanol–water partition coefficient (Wildman–Crippen LogP) is 5.84. The quantitative estimate of drug-likeness (QED) is 0.353. The Morgan fingerprint density at radius 3 is 2.55 bits per heavy atom. The van der Waals surface area contributed by atoms with E-state index in [1.54, 1.807) is 0 Å². The van der Waals surface area contributed by atoms with Crippen molar-refractivity contribution in [3.8, 4) is 0 Å². The van der Waals surface area contributed by atoms with E-state index in [0.29, 0.717) is 0 Å². The molecule has 0 bridgehead atoms. The van der Waals surface area contributed by atoms with Crippen LogP contribution in [0.25, 0.3) is 21.1 Å². The van der Waals surface area contributed by atoms with Crippen molar-refractivity contribution in [1.82, 2.24) is 19.8 Å². The zero-order valence-corrected chi connectivity index (χ0v) is 23.0. The van der Waals surface area contributed by atoms with Crippen molar-refractivity contribution in [1.29, 1.82) is 0 Å². The minimum atomic E-state index is -0.251. The number of aromatic amines is 1. The molecule has 1 aliphatic heterocycles. The number of H-pyrrole nitrogens is 1. The van der Waals surface area contributed by atoms with Crippen molar-refractivity contribution in [2.24, 2.45) is 5.92 Å². The average Bonchev–Trinajstić information content (AvgIpc) is 3.58. The molecule has 8 heteroatoms. The van der Waals surface area contributed by atoms with Gasteiger partial charge in [0.05, 0.1) is 22.0 Å². The van der Waals surface area contributed by atoms with Gasteiger partial charge in [-0.25, -0.2) is 4.98 Å². The Kier molecular flexibility index (Phi) is 6.93. The molecule has 3 heterocycles. The lowest BCUT2D eigenvalue weighted by Crippen LogP contribution is -2.46. The number of aromatic nitrogens is 2. The lowest BCUT2D eigenvalue weighted by molar-refractivity contribution is -0.123. The van der Waals surface area contributed by atoms with Gasteiger partial charge in [-0.2, -0.15) is 0 Å². The first-order valence-electron chi connectivity index (χ1n) is 13.8. The molecule has 1 aliphatic carbocycles. The fourth-order valence-electron chi connectivity index (χ4n) is 5.83. The number of hydrogen-bond acceptors (Lipinski definition) is 5. The topological polar surface area (TPSA) is 72.5 Å². The molecule has 2 fully saturated rings. The highest BCUT2D eigenvalue weighted by Gasteiger charge is 2.32. The van der Waals surface area contributed by atoms with Gasteiger partial charge in [0.25, 0.3) is 5.91 Å². The van der Waals surface area contributed by atoms with Crippen LogP contribution in [0.1, 0.15) is 60.6 Å². The molecule has 2 aliphatic rings. The molecule has 198 valence electrons. The third-order valence-corrected chi connectivity index (χ3v) is 9.27. The van der Waals surface area contributed by atoms with Gasteiger partial charge in [-0.15, -0.1) is 11.3 Å². The summed E-state index contributed by atoms with van der Waals surface area (Å²) in [5.74, 6) is 1.09. The van der Waals surface area contributed by atoms with Gasteiger partial charge in [-0.3, -0.25) is 9.59 Å². The van der Waals surface area contributed by atoms with Crippen LogP contribution in [0.15, 0.2) is 48.5 Å². The fourth-order valence-corrected chi connectivity index (χ4v) is 6.84. The van der Waals surface area contributed by atoms with Crippen LogP contribution in [0.5, 0.6) is 0 Å². The third kappa shape index (κ3) is 4.83. The van der Waals surface area contributed by atoms with Gasteiger partial charge in [-0.05, 0) is 68.6 Å². The number of hydrogen-bond donors (Lipinski definition) is 1. The highest BCUT2D eigenvalue weighted by molar-refractivity contribution is 7.20. The largest absolute Gasteiger partial charge is 0.340 e. The summed E-state index contributed by atoms with van der Waals surface area (Å²) < 4.78 is 1.06. The molecule has 0 spiro atoms. The summed E-state index contributed by atoms with van der Waals surface area (Å²) in [6, 6.07) is 15.9. The molecule has 4 aromatic rings. The number of fused-ring (bicyclic) bond motifs is 2. The summed E-state index contributed by atoms with van der Waals surface area (Å²) in [5, 5.41) is 1.00. The van der Waals surface area contributed by atoms with E-state index in [9.17, 15) is 9.59 Å². The van der Waals surface area contributed by atoms with Crippen molar-refractivity contribution in [2.45, 2.75) is 45.1 Å². The Morgan fingerprint density at radius 1 is 1.03 bits per heavy atom. The maximum absolute atomic E-state index is 14.0. The average molecular weight is 530 g/mol. The molecule has 1 atom stereocenters. The number of rotatable bonds is 5. The normalized spacial score (nSPS) is 18.2. The Balaban J connectivity index is 1.34. The van der Waals surface area contributed by atoms with Gasteiger partial charge in [0.1, 0.15) is 5.82 Å². The maximum atomic E-state index is 14.0. The van der Waals surface area contributed by atoms with E-state index in [1.807, 2.05) is 46.2 Å². The first kappa shape index (κ1) is 25.1. The Hall–Kier alpha value is -3.23. The number of benzene rings is 2. The van der Waals surface area contributed by atoms with E-state index in [2.05, 4.69) is 36.0 Å². The second kappa shape index (κ2) is 10.5. The second-order valence-corrected chi connectivity index (χ2v) is 11.9. The van der Waals surface area contributed by atoms with E-state index in [-0.39, 0.29) is 23.8 Å². The number of nitrogens with one attached hydrogen (secondary N) is 1. The molecule has 0 radical (unpaired) electrons. The molecule has 38 heavy (non-hydrogen) atoms. The van der Waals surface area contributed by atoms with Crippen molar-refractivity contribution in [3.63, 3.8) is 0 Å². The molecule has 2 aromatic heterocycles. The molecular formula is C30H35N5O2S. The van der Waals surface area contributed by atoms with Crippen molar-refractivity contribution < 1.29 is 9.59 Å². The number of para-hydroxylation sites is 2. The van der Waals surface area contributed by atoms with Crippen LogP contribution in [-0.4, -0.2) is 64.8 Å². The van der Waals surface area contributed by atoms with Gasteiger partial charge in [0.2, 0.25) is 5.91 Å². The summed E-state index contributed by atoms with van der Waals surface area (Å²) in [5.41, 5.74) is 2.73. The molecule has 1 unspecified atom stereocenters. The monoisotopic (exact) mass is 529 g/mol. The molecule has 6 rings (SSSR count). The summed E-state index contributed by atoms with van der Waals surface area (Å²) >= 11 is 1.54. The Morgan fingerprint density at radius 2 is 1.79 bits per heavy atom. The van der Waals surface area contributed by atoms with E-state index < -0.39 is 0 Å².